The maximum atomic E-state index is 12.9. The zero-order valence-electron chi connectivity index (χ0n) is 14.9. The van der Waals surface area contributed by atoms with E-state index in [2.05, 4.69) is 30.2 Å². The van der Waals surface area contributed by atoms with Gasteiger partial charge in [0.05, 0.1) is 30.6 Å². The van der Waals surface area contributed by atoms with E-state index >= 15 is 0 Å². The van der Waals surface area contributed by atoms with Gasteiger partial charge in [0.1, 0.15) is 0 Å². The summed E-state index contributed by atoms with van der Waals surface area (Å²) in [6.07, 6.45) is 1.56. The summed E-state index contributed by atoms with van der Waals surface area (Å²) < 4.78 is 7.64. The number of carbonyl (C=O) groups is 2. The minimum Gasteiger partial charge on any atom is -0.373 e. The largest absolute Gasteiger partial charge is 0.373 e. The van der Waals surface area contributed by atoms with Gasteiger partial charge in [0.25, 0.3) is 0 Å². The van der Waals surface area contributed by atoms with Crippen molar-refractivity contribution >= 4 is 17.6 Å². The average molecular weight is 351 g/mol. The second-order valence-electron chi connectivity index (χ2n) is 7.64. The van der Waals surface area contributed by atoms with Crippen LogP contribution in [0.5, 0.6) is 0 Å². The lowest BCUT2D eigenvalue weighted by Gasteiger charge is -2.15. The summed E-state index contributed by atoms with van der Waals surface area (Å²) >= 11 is 0. The van der Waals surface area contributed by atoms with Crippen LogP contribution < -0.4 is 4.90 Å². The van der Waals surface area contributed by atoms with E-state index in [1.807, 2.05) is 23.7 Å². The highest BCUT2D eigenvalue weighted by Crippen LogP contribution is 2.49. The number of aryl methyl sites for hydroxylation is 2. The number of carbonyl (C=O) groups excluding carboxylic acids is 2. The van der Waals surface area contributed by atoms with E-state index in [1.54, 1.807) is 0 Å². The monoisotopic (exact) mass is 351 g/mol. The maximum absolute atomic E-state index is 12.9. The Morgan fingerprint density at radius 2 is 1.77 bits per heavy atom. The number of aromatic nitrogens is 2. The summed E-state index contributed by atoms with van der Waals surface area (Å²) in [5.74, 6) is -0.481. The Kier molecular flexibility index (Phi) is 3.34. The molecular weight excluding hydrogens is 330 g/mol. The Morgan fingerprint density at radius 1 is 1.08 bits per heavy atom. The SMILES string of the molecule is Cc1cccc(Cn2nc(N3C(=O)[C@@H]4[C@H](C3=O)[C@H]3CC[C@@H]4O3)cc2C)c1. The zero-order chi connectivity index (χ0) is 18.0. The summed E-state index contributed by atoms with van der Waals surface area (Å²) in [6, 6.07) is 10.1. The third kappa shape index (κ3) is 2.18. The second kappa shape index (κ2) is 5.51. The molecule has 0 spiro atoms. The molecule has 3 saturated heterocycles. The van der Waals surface area contributed by atoms with E-state index in [-0.39, 0.29) is 35.9 Å². The number of ether oxygens (including phenoxy) is 1. The van der Waals surface area contributed by atoms with Gasteiger partial charge in [0, 0.05) is 11.8 Å². The van der Waals surface area contributed by atoms with Crippen molar-refractivity contribution in [3.63, 3.8) is 0 Å². The van der Waals surface area contributed by atoms with Crippen LogP contribution in [-0.2, 0) is 20.9 Å². The van der Waals surface area contributed by atoms with Crippen LogP contribution in [0.2, 0.25) is 0 Å². The summed E-state index contributed by atoms with van der Waals surface area (Å²) in [6.45, 7) is 4.62. The van der Waals surface area contributed by atoms with Gasteiger partial charge in [-0.25, -0.2) is 4.90 Å². The van der Waals surface area contributed by atoms with Crippen LogP contribution in [0.25, 0.3) is 0 Å². The molecule has 0 N–H and O–H groups in total. The van der Waals surface area contributed by atoms with Crippen molar-refractivity contribution in [2.24, 2.45) is 11.8 Å². The molecule has 3 aliphatic rings. The predicted octanol–water partition coefficient (Wildman–Crippen LogP) is 2.22. The van der Waals surface area contributed by atoms with Crippen molar-refractivity contribution < 1.29 is 14.3 Å². The quantitative estimate of drug-likeness (QED) is 0.796. The molecule has 0 radical (unpaired) electrons. The fourth-order valence-electron chi connectivity index (χ4n) is 4.68. The fraction of sp³-hybridized carbons (Fsp3) is 0.450. The van der Waals surface area contributed by atoms with Gasteiger partial charge in [-0.05, 0) is 32.3 Å². The van der Waals surface area contributed by atoms with E-state index in [0.29, 0.717) is 12.4 Å². The van der Waals surface area contributed by atoms with Crippen LogP contribution >= 0.6 is 0 Å². The Hall–Kier alpha value is -2.47. The van der Waals surface area contributed by atoms with E-state index in [4.69, 9.17) is 4.74 Å². The number of rotatable bonds is 3. The van der Waals surface area contributed by atoms with Crippen molar-refractivity contribution in [2.75, 3.05) is 4.90 Å². The summed E-state index contributed by atoms with van der Waals surface area (Å²) in [5, 5.41) is 4.58. The first-order valence-electron chi connectivity index (χ1n) is 9.16. The molecule has 3 aliphatic heterocycles. The van der Waals surface area contributed by atoms with Gasteiger partial charge in [0.2, 0.25) is 11.8 Å². The predicted molar refractivity (Wildman–Crippen MR) is 94.6 cm³/mol. The van der Waals surface area contributed by atoms with Gasteiger partial charge >= 0.3 is 0 Å². The van der Waals surface area contributed by atoms with Crippen molar-refractivity contribution in [3.05, 3.63) is 47.2 Å². The Bertz CT molecular complexity index is 891. The molecule has 1 aromatic heterocycles. The number of benzene rings is 1. The van der Waals surface area contributed by atoms with E-state index in [0.717, 1.165) is 24.1 Å². The molecule has 0 unspecified atom stereocenters. The lowest BCUT2D eigenvalue weighted by atomic mass is 9.81. The topological polar surface area (TPSA) is 64.4 Å². The molecule has 2 aromatic rings. The first-order chi connectivity index (χ1) is 12.5. The number of hydrogen-bond donors (Lipinski definition) is 0. The van der Waals surface area contributed by atoms with Gasteiger partial charge < -0.3 is 4.74 Å². The fourth-order valence-corrected chi connectivity index (χ4v) is 4.68. The summed E-state index contributed by atoms with van der Waals surface area (Å²) in [7, 11) is 0. The first-order valence-corrected chi connectivity index (χ1v) is 9.16. The third-order valence-corrected chi connectivity index (χ3v) is 5.90. The standard InChI is InChI=1S/C20H21N3O3/c1-11-4-3-5-13(8-11)10-22-12(2)9-16(21-22)23-19(24)17-14-6-7-15(26-14)18(17)20(23)25/h3-5,8-9,14-15,17-18H,6-7,10H2,1-2H3/t14-,15+,17-,18+. The van der Waals surface area contributed by atoms with E-state index in [1.165, 1.54) is 10.5 Å². The molecule has 0 aliphatic carbocycles. The molecule has 1 aromatic carbocycles. The molecule has 4 atom stereocenters. The molecule has 4 heterocycles. The molecule has 6 nitrogen and oxygen atoms in total. The van der Waals surface area contributed by atoms with Crippen LogP contribution in [0.15, 0.2) is 30.3 Å². The van der Waals surface area contributed by atoms with Crippen LogP contribution in [0.4, 0.5) is 5.82 Å². The maximum Gasteiger partial charge on any atom is 0.241 e. The normalized spacial score (nSPS) is 29.7. The van der Waals surface area contributed by atoms with Crippen molar-refractivity contribution in [2.45, 2.75) is 45.4 Å². The third-order valence-electron chi connectivity index (χ3n) is 5.90. The molecule has 2 bridgehead atoms. The lowest BCUT2D eigenvalue weighted by molar-refractivity contribution is -0.124. The number of imide groups is 1. The minimum absolute atomic E-state index is 0.0954. The van der Waals surface area contributed by atoms with Crippen molar-refractivity contribution in [1.29, 1.82) is 0 Å². The molecule has 6 heteroatoms. The molecule has 3 fully saturated rings. The number of amides is 2. The van der Waals surface area contributed by atoms with Gasteiger partial charge in [-0.2, -0.15) is 5.10 Å². The number of nitrogens with zero attached hydrogens (tertiary/aromatic N) is 3. The molecule has 134 valence electrons. The van der Waals surface area contributed by atoms with Crippen LogP contribution in [0.1, 0.15) is 29.7 Å². The van der Waals surface area contributed by atoms with Gasteiger partial charge in [-0.15, -0.1) is 0 Å². The molecular formula is C20H21N3O3. The average Bonchev–Trinajstić information content (AvgIpc) is 3.33. The Balaban J connectivity index is 1.44. The van der Waals surface area contributed by atoms with Crippen LogP contribution in [-0.4, -0.2) is 33.8 Å². The summed E-state index contributed by atoms with van der Waals surface area (Å²) in [4.78, 5) is 27.1. The smallest absolute Gasteiger partial charge is 0.241 e. The number of hydrogen-bond acceptors (Lipinski definition) is 4. The Labute approximate surface area is 151 Å². The number of fused-ring (bicyclic) bond motifs is 5. The number of anilines is 1. The molecule has 2 amide bonds. The van der Waals surface area contributed by atoms with E-state index < -0.39 is 0 Å². The highest BCUT2D eigenvalue weighted by molar-refractivity contribution is 6.22. The van der Waals surface area contributed by atoms with Crippen LogP contribution in [0.3, 0.4) is 0 Å². The van der Waals surface area contributed by atoms with Gasteiger partial charge in [-0.3, -0.25) is 14.3 Å². The Morgan fingerprint density at radius 3 is 2.42 bits per heavy atom. The van der Waals surface area contributed by atoms with Gasteiger partial charge in [-0.1, -0.05) is 29.8 Å². The summed E-state index contributed by atoms with van der Waals surface area (Å²) in [5.41, 5.74) is 3.27. The van der Waals surface area contributed by atoms with Gasteiger partial charge in [0.15, 0.2) is 5.82 Å². The highest BCUT2D eigenvalue weighted by atomic mass is 16.5. The second-order valence-corrected chi connectivity index (χ2v) is 7.64. The molecule has 26 heavy (non-hydrogen) atoms. The van der Waals surface area contributed by atoms with Crippen LogP contribution in [0, 0.1) is 25.7 Å². The lowest BCUT2D eigenvalue weighted by Crippen LogP contribution is -2.34. The highest BCUT2D eigenvalue weighted by Gasteiger charge is 2.63. The van der Waals surface area contributed by atoms with Crippen molar-refractivity contribution in [3.8, 4) is 0 Å². The first kappa shape index (κ1) is 15.8. The molecule has 0 saturated carbocycles. The minimum atomic E-state index is -0.316. The van der Waals surface area contributed by atoms with Crippen molar-refractivity contribution in [1.82, 2.24) is 9.78 Å². The van der Waals surface area contributed by atoms with E-state index in [9.17, 15) is 9.59 Å². The molecule has 5 rings (SSSR count). The zero-order valence-corrected chi connectivity index (χ0v) is 14.9.